The molecule has 0 spiro atoms. The van der Waals surface area contributed by atoms with Crippen molar-refractivity contribution < 1.29 is 14.6 Å². The molecule has 1 aromatic carbocycles. The van der Waals surface area contributed by atoms with Crippen molar-refractivity contribution in [3.05, 3.63) is 47.7 Å². The first kappa shape index (κ1) is 16.5. The fourth-order valence-electron chi connectivity index (χ4n) is 1.96. The van der Waals surface area contributed by atoms with Gasteiger partial charge in [-0.15, -0.1) is 0 Å². The van der Waals surface area contributed by atoms with E-state index in [1.165, 1.54) is 18.3 Å². The van der Waals surface area contributed by atoms with Crippen LogP contribution >= 0.6 is 0 Å². The van der Waals surface area contributed by atoms with Crippen LogP contribution in [0.15, 0.2) is 36.5 Å². The third-order valence-corrected chi connectivity index (χ3v) is 3.20. The first-order chi connectivity index (χ1) is 11.0. The summed E-state index contributed by atoms with van der Waals surface area (Å²) in [5.74, 6) is -0.509. The van der Waals surface area contributed by atoms with Crippen molar-refractivity contribution in [3.63, 3.8) is 0 Å². The van der Waals surface area contributed by atoms with Crippen molar-refractivity contribution in [2.75, 3.05) is 27.2 Å². The maximum Gasteiger partial charge on any atom is 0.335 e. The fraction of sp³-hybridized carbons (Fsp3) is 0.235. The second kappa shape index (κ2) is 7.38. The van der Waals surface area contributed by atoms with Crippen LogP contribution in [0.2, 0.25) is 0 Å². The van der Waals surface area contributed by atoms with E-state index in [0.717, 1.165) is 6.54 Å². The van der Waals surface area contributed by atoms with Gasteiger partial charge < -0.3 is 14.7 Å². The third kappa shape index (κ3) is 4.28. The maximum atomic E-state index is 11.0. The molecule has 0 amide bonds. The van der Waals surface area contributed by atoms with Gasteiger partial charge in [0.2, 0.25) is 0 Å². The molecule has 1 N–H and O–H groups in total. The zero-order chi connectivity index (χ0) is 16.8. The Hall–Kier alpha value is -2.91. The molecule has 0 unspecified atom stereocenters. The van der Waals surface area contributed by atoms with E-state index < -0.39 is 5.97 Å². The van der Waals surface area contributed by atoms with Crippen LogP contribution in [0.5, 0.6) is 5.75 Å². The van der Waals surface area contributed by atoms with E-state index >= 15 is 0 Å². The summed E-state index contributed by atoms with van der Waals surface area (Å²) in [5, 5.41) is 18.3. The molecule has 6 heteroatoms. The third-order valence-electron chi connectivity index (χ3n) is 3.20. The number of likely N-dealkylation sites (N-methyl/N-ethyl adjacent to an activating group) is 1. The molecule has 1 aromatic heterocycles. The van der Waals surface area contributed by atoms with E-state index in [0.29, 0.717) is 29.2 Å². The average Bonchev–Trinajstić information content (AvgIpc) is 2.54. The van der Waals surface area contributed by atoms with Gasteiger partial charge in [-0.3, -0.25) is 4.98 Å². The largest absolute Gasteiger partial charge is 0.491 e. The highest BCUT2D eigenvalue weighted by Gasteiger charge is 2.10. The number of nitriles is 1. The average molecular weight is 311 g/mol. The molecular weight excluding hydrogens is 294 g/mol. The number of carboxylic acid groups (broad SMARTS) is 1. The lowest BCUT2D eigenvalue weighted by Crippen LogP contribution is -2.19. The van der Waals surface area contributed by atoms with E-state index in [2.05, 4.69) is 11.1 Å². The number of ether oxygens (including phenoxy) is 1. The predicted molar refractivity (Wildman–Crippen MR) is 85.4 cm³/mol. The number of rotatable bonds is 6. The molecule has 1 heterocycles. The predicted octanol–water partition coefficient (Wildman–Crippen LogP) is 2.26. The maximum absolute atomic E-state index is 11.0. The fourth-order valence-corrected chi connectivity index (χ4v) is 1.96. The molecule has 0 aliphatic carbocycles. The summed E-state index contributed by atoms with van der Waals surface area (Å²) in [5.41, 5.74) is 1.72. The first-order valence-electron chi connectivity index (χ1n) is 7.02. The zero-order valence-corrected chi connectivity index (χ0v) is 13.0. The summed E-state index contributed by atoms with van der Waals surface area (Å²) in [6, 6.07) is 10.1. The molecule has 0 fully saturated rings. The molecule has 23 heavy (non-hydrogen) atoms. The van der Waals surface area contributed by atoms with Crippen LogP contribution in [0.25, 0.3) is 11.3 Å². The van der Waals surface area contributed by atoms with Gasteiger partial charge in [0.05, 0.1) is 16.8 Å². The summed E-state index contributed by atoms with van der Waals surface area (Å²) in [7, 11) is 3.89. The van der Waals surface area contributed by atoms with E-state index in [9.17, 15) is 10.1 Å². The molecule has 2 aromatic rings. The SMILES string of the molecule is CN(C)CCOc1ccc(-c2cc(C(=O)O)ccn2)cc1C#N. The van der Waals surface area contributed by atoms with Gasteiger partial charge in [-0.1, -0.05) is 0 Å². The Labute approximate surface area is 134 Å². The Morgan fingerprint density at radius 2 is 2.13 bits per heavy atom. The molecule has 118 valence electrons. The number of carbonyl (C=O) groups is 1. The highest BCUT2D eigenvalue weighted by atomic mass is 16.5. The van der Waals surface area contributed by atoms with E-state index in [-0.39, 0.29) is 5.56 Å². The van der Waals surface area contributed by atoms with E-state index in [1.54, 1.807) is 18.2 Å². The molecule has 0 aliphatic heterocycles. The molecule has 6 nitrogen and oxygen atoms in total. The number of aromatic nitrogens is 1. The van der Waals surface area contributed by atoms with Gasteiger partial charge in [0, 0.05) is 18.3 Å². The number of carboxylic acids is 1. The Morgan fingerprint density at radius 1 is 1.35 bits per heavy atom. The highest BCUT2D eigenvalue weighted by Crippen LogP contribution is 2.25. The molecule has 0 saturated heterocycles. The summed E-state index contributed by atoms with van der Waals surface area (Å²) in [6.45, 7) is 1.22. The van der Waals surface area contributed by atoms with Gasteiger partial charge in [-0.25, -0.2) is 4.79 Å². The number of hydrogen-bond donors (Lipinski definition) is 1. The molecule has 0 bridgehead atoms. The van der Waals surface area contributed by atoms with Crippen molar-refractivity contribution in [1.82, 2.24) is 9.88 Å². The second-order valence-corrected chi connectivity index (χ2v) is 5.21. The first-order valence-corrected chi connectivity index (χ1v) is 7.02. The van der Waals surface area contributed by atoms with E-state index in [4.69, 9.17) is 9.84 Å². The van der Waals surface area contributed by atoms with Crippen LogP contribution in [0.4, 0.5) is 0 Å². The Morgan fingerprint density at radius 3 is 2.78 bits per heavy atom. The van der Waals surface area contributed by atoms with Gasteiger partial charge in [0.15, 0.2) is 0 Å². The van der Waals surface area contributed by atoms with Crippen LogP contribution in [-0.2, 0) is 0 Å². The summed E-state index contributed by atoms with van der Waals surface area (Å²) in [4.78, 5) is 17.2. The minimum atomic E-state index is -1.02. The van der Waals surface area contributed by atoms with E-state index in [1.807, 2.05) is 19.0 Å². The van der Waals surface area contributed by atoms with Crippen molar-refractivity contribution in [1.29, 1.82) is 5.26 Å². The zero-order valence-electron chi connectivity index (χ0n) is 13.0. The quantitative estimate of drug-likeness (QED) is 0.880. The Kier molecular flexibility index (Phi) is 5.28. The number of nitrogens with zero attached hydrogens (tertiary/aromatic N) is 3. The smallest absolute Gasteiger partial charge is 0.335 e. The Balaban J connectivity index is 2.27. The molecule has 0 saturated carbocycles. The van der Waals surface area contributed by atoms with Gasteiger partial charge in [-0.05, 0) is 44.4 Å². The number of pyridine rings is 1. The summed E-state index contributed by atoms with van der Waals surface area (Å²) < 4.78 is 5.61. The molecule has 0 radical (unpaired) electrons. The van der Waals surface area contributed by atoms with Crippen molar-refractivity contribution >= 4 is 5.97 Å². The minimum absolute atomic E-state index is 0.153. The van der Waals surface area contributed by atoms with Crippen LogP contribution in [0.3, 0.4) is 0 Å². The van der Waals surface area contributed by atoms with Gasteiger partial charge in [0.25, 0.3) is 0 Å². The topological polar surface area (TPSA) is 86.4 Å². The number of hydrogen-bond acceptors (Lipinski definition) is 5. The highest BCUT2D eigenvalue weighted by molar-refractivity contribution is 5.88. The summed E-state index contributed by atoms with van der Waals surface area (Å²) >= 11 is 0. The molecule has 2 rings (SSSR count). The number of benzene rings is 1. The number of aromatic carboxylic acids is 1. The van der Waals surface area contributed by atoms with Gasteiger partial charge >= 0.3 is 5.97 Å². The van der Waals surface area contributed by atoms with Crippen LogP contribution < -0.4 is 4.74 Å². The van der Waals surface area contributed by atoms with Gasteiger partial charge in [-0.2, -0.15) is 5.26 Å². The monoisotopic (exact) mass is 311 g/mol. The summed E-state index contributed by atoms with van der Waals surface area (Å²) in [6.07, 6.45) is 1.44. The van der Waals surface area contributed by atoms with Crippen molar-refractivity contribution in [2.45, 2.75) is 0 Å². The lowest BCUT2D eigenvalue weighted by atomic mass is 10.1. The standard InChI is InChI=1S/C17H17N3O3/c1-20(2)7-8-23-16-4-3-12(9-14(16)11-18)15-10-13(17(21)22)5-6-19-15/h3-6,9-10H,7-8H2,1-2H3,(H,21,22). The van der Waals surface area contributed by atoms with Crippen LogP contribution in [0.1, 0.15) is 15.9 Å². The lowest BCUT2D eigenvalue weighted by molar-refractivity contribution is 0.0697. The lowest BCUT2D eigenvalue weighted by Gasteiger charge is -2.12. The van der Waals surface area contributed by atoms with Crippen LogP contribution in [-0.4, -0.2) is 48.2 Å². The van der Waals surface area contributed by atoms with Gasteiger partial charge in [0.1, 0.15) is 18.4 Å². The second-order valence-electron chi connectivity index (χ2n) is 5.21. The van der Waals surface area contributed by atoms with Crippen molar-refractivity contribution in [2.24, 2.45) is 0 Å². The van der Waals surface area contributed by atoms with Crippen molar-refractivity contribution in [3.8, 4) is 23.1 Å². The molecule has 0 atom stereocenters. The minimum Gasteiger partial charge on any atom is -0.491 e. The molecular formula is C17H17N3O3. The van der Waals surface area contributed by atoms with Crippen LogP contribution in [0, 0.1) is 11.3 Å². The normalized spacial score (nSPS) is 10.3. The molecule has 0 aliphatic rings. The Bertz CT molecular complexity index is 751.